The first-order valence-electron chi connectivity index (χ1n) is 6.56. The van der Waals surface area contributed by atoms with Gasteiger partial charge in [0.15, 0.2) is 5.57 Å². The molecule has 0 aromatic heterocycles. The zero-order valence-electron chi connectivity index (χ0n) is 11.7. The predicted octanol–water partition coefficient (Wildman–Crippen LogP) is 3.70. The summed E-state index contributed by atoms with van der Waals surface area (Å²) < 4.78 is 38.0. The SMILES string of the molecule is Cc1cc(NC(=O)/C(C#N)=C(\O)C2CC2)ccc1C(F)(F)F. The van der Waals surface area contributed by atoms with Gasteiger partial charge in [-0.15, -0.1) is 0 Å². The van der Waals surface area contributed by atoms with Crippen molar-refractivity contribution in [3.8, 4) is 6.07 Å². The van der Waals surface area contributed by atoms with E-state index in [-0.39, 0.29) is 22.9 Å². The molecule has 0 heterocycles. The van der Waals surface area contributed by atoms with Crippen molar-refractivity contribution >= 4 is 11.6 Å². The number of anilines is 1. The molecule has 1 saturated carbocycles. The lowest BCUT2D eigenvalue weighted by Gasteiger charge is -2.12. The number of halogens is 3. The number of nitriles is 1. The summed E-state index contributed by atoms with van der Waals surface area (Å²) in [7, 11) is 0. The van der Waals surface area contributed by atoms with Crippen LogP contribution in [0.25, 0.3) is 0 Å². The number of rotatable bonds is 3. The first-order chi connectivity index (χ1) is 10.2. The van der Waals surface area contributed by atoms with Gasteiger partial charge >= 0.3 is 6.18 Å². The van der Waals surface area contributed by atoms with Crippen LogP contribution in [0.5, 0.6) is 0 Å². The van der Waals surface area contributed by atoms with E-state index >= 15 is 0 Å². The Labute approximate surface area is 124 Å². The van der Waals surface area contributed by atoms with Crippen LogP contribution in [-0.2, 0) is 11.0 Å². The Bertz CT molecular complexity index is 683. The summed E-state index contributed by atoms with van der Waals surface area (Å²) >= 11 is 0. The molecule has 1 amide bonds. The highest BCUT2D eigenvalue weighted by atomic mass is 19.4. The van der Waals surface area contributed by atoms with E-state index in [4.69, 9.17) is 5.26 Å². The van der Waals surface area contributed by atoms with Gasteiger partial charge in [-0.1, -0.05) is 0 Å². The Balaban J connectivity index is 2.21. The maximum absolute atomic E-state index is 12.7. The molecule has 0 spiro atoms. The van der Waals surface area contributed by atoms with Gasteiger partial charge in [0.25, 0.3) is 5.91 Å². The quantitative estimate of drug-likeness (QED) is 0.508. The molecule has 0 atom stereocenters. The number of amides is 1. The summed E-state index contributed by atoms with van der Waals surface area (Å²) in [6.07, 6.45) is -3.04. The molecule has 0 unspecified atom stereocenters. The van der Waals surface area contributed by atoms with Crippen LogP contribution in [0.1, 0.15) is 24.0 Å². The van der Waals surface area contributed by atoms with Gasteiger partial charge in [0.2, 0.25) is 0 Å². The Morgan fingerprint density at radius 3 is 2.50 bits per heavy atom. The number of nitrogens with zero attached hydrogens (tertiary/aromatic N) is 1. The predicted molar refractivity (Wildman–Crippen MR) is 72.8 cm³/mol. The number of aliphatic hydroxyl groups excluding tert-OH is 1. The molecule has 0 aliphatic heterocycles. The van der Waals surface area contributed by atoms with Gasteiger partial charge in [0.05, 0.1) is 5.56 Å². The second kappa shape index (κ2) is 5.72. The molecule has 1 fully saturated rings. The molecule has 2 rings (SSSR count). The number of aliphatic hydroxyl groups is 1. The first-order valence-corrected chi connectivity index (χ1v) is 6.56. The van der Waals surface area contributed by atoms with Gasteiger partial charge < -0.3 is 10.4 Å². The molecule has 7 heteroatoms. The highest BCUT2D eigenvalue weighted by molar-refractivity contribution is 6.07. The summed E-state index contributed by atoms with van der Waals surface area (Å²) in [5.41, 5.74) is -1.10. The van der Waals surface area contributed by atoms with Crippen LogP contribution in [-0.4, -0.2) is 11.0 Å². The minimum Gasteiger partial charge on any atom is -0.510 e. The number of alkyl halides is 3. The van der Waals surface area contributed by atoms with E-state index in [2.05, 4.69) is 5.32 Å². The Morgan fingerprint density at radius 2 is 2.05 bits per heavy atom. The summed E-state index contributed by atoms with van der Waals surface area (Å²) in [4.78, 5) is 11.9. The van der Waals surface area contributed by atoms with Crippen LogP contribution >= 0.6 is 0 Å². The third kappa shape index (κ3) is 3.39. The monoisotopic (exact) mass is 310 g/mol. The maximum Gasteiger partial charge on any atom is 0.416 e. The summed E-state index contributed by atoms with van der Waals surface area (Å²) in [6.45, 7) is 1.28. The number of hydrogen-bond acceptors (Lipinski definition) is 3. The van der Waals surface area contributed by atoms with Crippen LogP contribution in [0.3, 0.4) is 0 Å². The number of allylic oxidation sites excluding steroid dienone is 1. The van der Waals surface area contributed by atoms with E-state index < -0.39 is 23.2 Å². The Hall–Kier alpha value is -2.49. The molecular formula is C15H13F3N2O2. The first kappa shape index (κ1) is 15.9. The second-order valence-electron chi connectivity index (χ2n) is 5.13. The van der Waals surface area contributed by atoms with E-state index in [1.54, 1.807) is 6.07 Å². The van der Waals surface area contributed by atoms with E-state index in [0.29, 0.717) is 12.8 Å². The number of carbonyl (C=O) groups excluding carboxylic acids is 1. The third-order valence-electron chi connectivity index (χ3n) is 3.35. The van der Waals surface area contributed by atoms with Gasteiger partial charge in [-0.25, -0.2) is 0 Å². The highest BCUT2D eigenvalue weighted by Gasteiger charge is 2.33. The van der Waals surface area contributed by atoms with Crippen molar-refractivity contribution in [2.24, 2.45) is 5.92 Å². The maximum atomic E-state index is 12.7. The highest BCUT2D eigenvalue weighted by Crippen LogP contribution is 2.37. The molecule has 0 bridgehead atoms. The van der Waals surface area contributed by atoms with Crippen molar-refractivity contribution in [2.75, 3.05) is 5.32 Å². The van der Waals surface area contributed by atoms with E-state index in [1.165, 1.54) is 13.0 Å². The second-order valence-corrected chi connectivity index (χ2v) is 5.13. The summed E-state index contributed by atoms with van der Waals surface area (Å²) in [5, 5.41) is 21.0. The molecule has 1 aromatic carbocycles. The molecule has 1 aromatic rings. The van der Waals surface area contributed by atoms with Crippen LogP contribution in [0.2, 0.25) is 0 Å². The van der Waals surface area contributed by atoms with Gasteiger partial charge in [0, 0.05) is 11.6 Å². The van der Waals surface area contributed by atoms with Gasteiger partial charge in [-0.3, -0.25) is 4.79 Å². The molecule has 0 saturated heterocycles. The molecule has 116 valence electrons. The molecule has 0 radical (unpaired) electrons. The van der Waals surface area contributed by atoms with Crippen LogP contribution in [0, 0.1) is 24.2 Å². The van der Waals surface area contributed by atoms with Crippen molar-refractivity contribution in [1.29, 1.82) is 5.26 Å². The van der Waals surface area contributed by atoms with E-state index in [0.717, 1.165) is 12.1 Å². The van der Waals surface area contributed by atoms with Crippen molar-refractivity contribution in [3.63, 3.8) is 0 Å². The average Bonchev–Trinajstić information content (AvgIpc) is 3.21. The molecule has 22 heavy (non-hydrogen) atoms. The fourth-order valence-corrected chi connectivity index (χ4v) is 2.04. The lowest BCUT2D eigenvalue weighted by atomic mass is 10.1. The Kier molecular flexibility index (Phi) is 4.13. The van der Waals surface area contributed by atoms with E-state index in [9.17, 15) is 23.1 Å². The molecule has 4 nitrogen and oxygen atoms in total. The van der Waals surface area contributed by atoms with Crippen LogP contribution < -0.4 is 5.32 Å². The lowest BCUT2D eigenvalue weighted by Crippen LogP contribution is -2.16. The summed E-state index contributed by atoms with van der Waals surface area (Å²) in [6, 6.07) is 4.77. The average molecular weight is 310 g/mol. The number of nitrogens with one attached hydrogen (secondary N) is 1. The van der Waals surface area contributed by atoms with Crippen molar-refractivity contribution in [1.82, 2.24) is 0 Å². The van der Waals surface area contributed by atoms with Gasteiger partial charge in [-0.05, 0) is 43.5 Å². The fraction of sp³-hybridized carbons (Fsp3) is 0.333. The number of carbonyl (C=O) groups is 1. The Morgan fingerprint density at radius 1 is 1.41 bits per heavy atom. The zero-order valence-corrected chi connectivity index (χ0v) is 11.7. The number of aryl methyl sites for hydroxylation is 1. The largest absolute Gasteiger partial charge is 0.510 e. The van der Waals surface area contributed by atoms with Gasteiger partial charge in [0.1, 0.15) is 11.8 Å². The standard InChI is InChI=1S/C15H13F3N2O2/c1-8-6-10(4-5-12(8)15(16,17)18)20-14(22)11(7-19)13(21)9-2-3-9/h4-6,9,21H,2-3H2,1H3,(H,20,22)/b13-11-. The molecule has 2 N–H and O–H groups in total. The number of hydrogen-bond donors (Lipinski definition) is 2. The smallest absolute Gasteiger partial charge is 0.416 e. The van der Waals surface area contributed by atoms with Crippen LogP contribution in [0.4, 0.5) is 18.9 Å². The lowest BCUT2D eigenvalue weighted by molar-refractivity contribution is -0.138. The normalized spacial score (nSPS) is 15.8. The minimum atomic E-state index is -4.46. The van der Waals surface area contributed by atoms with Crippen LogP contribution in [0.15, 0.2) is 29.5 Å². The van der Waals surface area contributed by atoms with Gasteiger partial charge in [-0.2, -0.15) is 18.4 Å². The van der Waals surface area contributed by atoms with Crippen molar-refractivity contribution in [2.45, 2.75) is 25.9 Å². The fourth-order valence-electron chi connectivity index (χ4n) is 2.04. The van der Waals surface area contributed by atoms with Crippen molar-refractivity contribution < 1.29 is 23.1 Å². The molecule has 1 aliphatic rings. The molecular weight excluding hydrogens is 297 g/mol. The zero-order chi connectivity index (χ0) is 16.5. The number of benzene rings is 1. The minimum absolute atomic E-state index is 0.0424. The van der Waals surface area contributed by atoms with Crippen molar-refractivity contribution in [3.05, 3.63) is 40.7 Å². The summed E-state index contributed by atoms with van der Waals surface area (Å²) in [5.74, 6) is -1.26. The topological polar surface area (TPSA) is 73.1 Å². The molecule has 1 aliphatic carbocycles. The van der Waals surface area contributed by atoms with E-state index in [1.807, 2.05) is 0 Å². The third-order valence-corrected chi connectivity index (χ3v) is 3.35.